The number of carbonyl (C=O) groups excluding carboxylic acids is 1. The molecule has 3 nitrogen and oxygen atoms in total. The summed E-state index contributed by atoms with van der Waals surface area (Å²) in [6, 6.07) is 10.7. The SMILES string of the molecule is CCN(Cc1ccccc1Cl)C(=O)c1ccnc(Cl)c1. The Balaban J connectivity index is 2.20. The molecule has 0 bridgehead atoms. The third-order valence-corrected chi connectivity index (χ3v) is 3.54. The van der Waals surface area contributed by atoms with Crippen LogP contribution in [0.1, 0.15) is 22.8 Å². The molecular formula is C15H14Cl2N2O. The first kappa shape index (κ1) is 14.8. The van der Waals surface area contributed by atoms with Gasteiger partial charge >= 0.3 is 0 Å². The summed E-state index contributed by atoms with van der Waals surface area (Å²) in [6.07, 6.45) is 1.53. The lowest BCUT2D eigenvalue weighted by Gasteiger charge is -2.21. The molecule has 0 unspecified atom stereocenters. The maximum absolute atomic E-state index is 12.4. The van der Waals surface area contributed by atoms with Crippen LogP contribution in [0.2, 0.25) is 10.2 Å². The van der Waals surface area contributed by atoms with Crippen LogP contribution in [0.15, 0.2) is 42.6 Å². The van der Waals surface area contributed by atoms with E-state index in [4.69, 9.17) is 23.2 Å². The Labute approximate surface area is 128 Å². The van der Waals surface area contributed by atoms with Crippen molar-refractivity contribution in [3.8, 4) is 0 Å². The van der Waals surface area contributed by atoms with E-state index in [1.165, 1.54) is 6.20 Å². The van der Waals surface area contributed by atoms with Crippen molar-refractivity contribution in [3.63, 3.8) is 0 Å². The van der Waals surface area contributed by atoms with Gasteiger partial charge in [0.15, 0.2) is 0 Å². The van der Waals surface area contributed by atoms with E-state index in [-0.39, 0.29) is 5.91 Å². The molecule has 0 N–H and O–H groups in total. The van der Waals surface area contributed by atoms with Crippen molar-refractivity contribution in [3.05, 3.63) is 63.9 Å². The van der Waals surface area contributed by atoms with Gasteiger partial charge < -0.3 is 4.90 Å². The topological polar surface area (TPSA) is 33.2 Å². The van der Waals surface area contributed by atoms with E-state index in [9.17, 15) is 4.79 Å². The summed E-state index contributed by atoms with van der Waals surface area (Å²) in [4.78, 5) is 18.0. The van der Waals surface area contributed by atoms with Gasteiger partial charge in [-0.05, 0) is 30.7 Å². The van der Waals surface area contributed by atoms with Crippen LogP contribution in [0.25, 0.3) is 0 Å². The summed E-state index contributed by atoms with van der Waals surface area (Å²) in [5.74, 6) is -0.0864. The Kier molecular flexibility index (Phi) is 4.99. The third kappa shape index (κ3) is 3.50. The molecule has 1 aromatic carbocycles. The second-order valence-electron chi connectivity index (χ2n) is 4.28. The van der Waals surface area contributed by atoms with Gasteiger partial charge in [-0.1, -0.05) is 41.4 Å². The summed E-state index contributed by atoms with van der Waals surface area (Å²) in [5, 5.41) is 0.969. The standard InChI is InChI=1S/C15H14Cl2N2O/c1-2-19(10-12-5-3-4-6-13(12)16)15(20)11-7-8-18-14(17)9-11/h3-9H,2,10H2,1H3. The molecule has 0 saturated carbocycles. The van der Waals surface area contributed by atoms with Gasteiger partial charge in [0.25, 0.3) is 5.91 Å². The quantitative estimate of drug-likeness (QED) is 0.798. The highest BCUT2D eigenvalue weighted by atomic mass is 35.5. The summed E-state index contributed by atoms with van der Waals surface area (Å²) in [7, 11) is 0. The van der Waals surface area contributed by atoms with Crippen molar-refractivity contribution < 1.29 is 4.79 Å². The van der Waals surface area contributed by atoms with Crippen LogP contribution < -0.4 is 0 Å². The zero-order chi connectivity index (χ0) is 14.5. The van der Waals surface area contributed by atoms with Gasteiger partial charge in [0.05, 0.1) is 0 Å². The van der Waals surface area contributed by atoms with Crippen LogP contribution in [-0.4, -0.2) is 22.3 Å². The van der Waals surface area contributed by atoms with Crippen molar-refractivity contribution >= 4 is 29.1 Å². The lowest BCUT2D eigenvalue weighted by atomic mass is 10.2. The first-order valence-electron chi connectivity index (χ1n) is 6.26. The number of carbonyl (C=O) groups is 1. The number of rotatable bonds is 4. The van der Waals surface area contributed by atoms with Crippen LogP contribution in [0.5, 0.6) is 0 Å². The second kappa shape index (κ2) is 6.73. The summed E-state index contributed by atoms with van der Waals surface area (Å²) in [6.45, 7) is 2.98. The molecule has 0 spiro atoms. The predicted molar refractivity (Wildman–Crippen MR) is 81.1 cm³/mol. The minimum absolute atomic E-state index is 0.0864. The highest BCUT2D eigenvalue weighted by Gasteiger charge is 2.16. The zero-order valence-corrected chi connectivity index (χ0v) is 12.5. The number of benzene rings is 1. The third-order valence-electron chi connectivity index (χ3n) is 2.96. The van der Waals surface area contributed by atoms with E-state index in [1.807, 2.05) is 31.2 Å². The number of nitrogens with zero attached hydrogens (tertiary/aromatic N) is 2. The number of hydrogen-bond acceptors (Lipinski definition) is 2. The first-order valence-corrected chi connectivity index (χ1v) is 7.01. The average molecular weight is 309 g/mol. The number of hydrogen-bond donors (Lipinski definition) is 0. The zero-order valence-electron chi connectivity index (χ0n) is 11.0. The molecule has 20 heavy (non-hydrogen) atoms. The van der Waals surface area contributed by atoms with Crippen molar-refractivity contribution in [1.29, 1.82) is 0 Å². The lowest BCUT2D eigenvalue weighted by Crippen LogP contribution is -2.30. The van der Waals surface area contributed by atoms with E-state index in [2.05, 4.69) is 4.98 Å². The minimum atomic E-state index is -0.0864. The van der Waals surface area contributed by atoms with Crippen LogP contribution in [0, 0.1) is 0 Å². The van der Waals surface area contributed by atoms with Crippen LogP contribution in [-0.2, 0) is 6.54 Å². The molecule has 0 aliphatic rings. The monoisotopic (exact) mass is 308 g/mol. The second-order valence-corrected chi connectivity index (χ2v) is 5.07. The maximum Gasteiger partial charge on any atom is 0.254 e. The molecule has 2 rings (SSSR count). The van der Waals surface area contributed by atoms with Crippen molar-refractivity contribution in [2.45, 2.75) is 13.5 Å². The molecule has 0 atom stereocenters. The van der Waals surface area contributed by atoms with Crippen LogP contribution in [0.4, 0.5) is 0 Å². The van der Waals surface area contributed by atoms with Gasteiger partial charge in [-0.15, -0.1) is 0 Å². The Morgan fingerprint density at radius 3 is 2.65 bits per heavy atom. The number of halogens is 2. The Hall–Kier alpha value is -1.58. The molecule has 1 amide bonds. The number of pyridine rings is 1. The molecule has 0 aliphatic carbocycles. The van der Waals surface area contributed by atoms with Crippen LogP contribution >= 0.6 is 23.2 Å². The number of amides is 1. The predicted octanol–water partition coefficient (Wildman–Crippen LogP) is 4.05. The first-order chi connectivity index (χ1) is 9.61. The number of aromatic nitrogens is 1. The summed E-state index contributed by atoms with van der Waals surface area (Å²) < 4.78 is 0. The fourth-order valence-electron chi connectivity index (χ4n) is 1.88. The van der Waals surface area contributed by atoms with E-state index in [1.54, 1.807) is 17.0 Å². The highest BCUT2D eigenvalue weighted by Crippen LogP contribution is 2.18. The van der Waals surface area contributed by atoms with E-state index < -0.39 is 0 Å². The van der Waals surface area contributed by atoms with E-state index in [0.717, 1.165) is 5.56 Å². The van der Waals surface area contributed by atoms with Gasteiger partial charge in [-0.25, -0.2) is 4.98 Å². The summed E-state index contributed by atoms with van der Waals surface area (Å²) >= 11 is 12.0. The summed E-state index contributed by atoms with van der Waals surface area (Å²) in [5.41, 5.74) is 1.45. The molecule has 0 saturated heterocycles. The van der Waals surface area contributed by atoms with Gasteiger partial charge in [0, 0.05) is 29.9 Å². The molecule has 2 aromatic rings. The Morgan fingerprint density at radius 1 is 1.25 bits per heavy atom. The molecule has 1 heterocycles. The molecule has 104 valence electrons. The molecule has 1 aromatic heterocycles. The fraction of sp³-hybridized carbons (Fsp3) is 0.200. The fourth-order valence-corrected chi connectivity index (χ4v) is 2.25. The molecule has 0 fully saturated rings. The van der Waals surface area contributed by atoms with Crippen molar-refractivity contribution in [1.82, 2.24) is 9.88 Å². The lowest BCUT2D eigenvalue weighted by molar-refractivity contribution is 0.0752. The largest absolute Gasteiger partial charge is 0.335 e. The molecule has 0 aliphatic heterocycles. The maximum atomic E-state index is 12.4. The van der Waals surface area contributed by atoms with Crippen molar-refractivity contribution in [2.24, 2.45) is 0 Å². The van der Waals surface area contributed by atoms with E-state index >= 15 is 0 Å². The molecule has 5 heteroatoms. The van der Waals surface area contributed by atoms with Gasteiger partial charge in [0.1, 0.15) is 5.15 Å². The van der Waals surface area contributed by atoms with E-state index in [0.29, 0.717) is 28.8 Å². The Morgan fingerprint density at radius 2 is 2.00 bits per heavy atom. The van der Waals surface area contributed by atoms with Gasteiger partial charge in [-0.2, -0.15) is 0 Å². The molecular weight excluding hydrogens is 295 g/mol. The smallest absolute Gasteiger partial charge is 0.254 e. The van der Waals surface area contributed by atoms with Crippen LogP contribution in [0.3, 0.4) is 0 Å². The minimum Gasteiger partial charge on any atom is -0.335 e. The van der Waals surface area contributed by atoms with Crippen molar-refractivity contribution in [2.75, 3.05) is 6.54 Å². The average Bonchev–Trinajstić information content (AvgIpc) is 2.46. The van der Waals surface area contributed by atoms with Gasteiger partial charge in [-0.3, -0.25) is 4.79 Å². The molecule has 0 radical (unpaired) electrons. The Bertz CT molecular complexity index is 616. The van der Waals surface area contributed by atoms with Gasteiger partial charge in [0.2, 0.25) is 0 Å². The highest BCUT2D eigenvalue weighted by molar-refractivity contribution is 6.31. The normalized spacial score (nSPS) is 10.3.